The Hall–Kier alpha value is -2.60. The summed E-state index contributed by atoms with van der Waals surface area (Å²) in [6.07, 6.45) is 3.06. The highest BCUT2D eigenvalue weighted by Gasteiger charge is 2.26. The molecule has 0 spiro atoms. The fourth-order valence-corrected chi connectivity index (χ4v) is 5.38. The first-order valence-electron chi connectivity index (χ1n) is 9.98. The number of hydrogen-bond acceptors (Lipinski definition) is 5. The number of thioether (sulfide) groups is 1. The Kier molecular flexibility index (Phi) is 4.66. The molecule has 0 aliphatic carbocycles. The van der Waals surface area contributed by atoms with Crippen LogP contribution in [0.15, 0.2) is 47.5 Å². The number of ether oxygens (including phenoxy) is 2. The van der Waals surface area contributed by atoms with E-state index in [1.54, 1.807) is 0 Å². The lowest BCUT2D eigenvalue weighted by molar-refractivity contribution is 0.174. The summed E-state index contributed by atoms with van der Waals surface area (Å²) in [5.74, 6) is 1.71. The summed E-state index contributed by atoms with van der Waals surface area (Å²) in [4.78, 5) is 3.84. The van der Waals surface area contributed by atoms with Gasteiger partial charge in [0, 0.05) is 41.5 Å². The van der Waals surface area contributed by atoms with Gasteiger partial charge in [0.25, 0.3) is 0 Å². The average Bonchev–Trinajstić information content (AvgIpc) is 3.26. The third kappa shape index (κ3) is 3.46. The fraction of sp³-hybridized carbons (Fsp3) is 0.348. The van der Waals surface area contributed by atoms with E-state index >= 15 is 0 Å². The van der Waals surface area contributed by atoms with E-state index in [1.807, 2.05) is 35.8 Å². The summed E-state index contributed by atoms with van der Waals surface area (Å²) in [7, 11) is 2.00. The van der Waals surface area contributed by atoms with Gasteiger partial charge in [-0.15, -0.1) is 11.8 Å². The predicted molar refractivity (Wildman–Crippen MR) is 116 cm³/mol. The monoisotopic (exact) mass is 407 g/mol. The molecule has 150 valence electrons. The fourth-order valence-electron chi connectivity index (χ4n) is 4.00. The first kappa shape index (κ1) is 18.4. The maximum absolute atomic E-state index is 5.61. The molecule has 0 radical (unpaired) electrons. The van der Waals surface area contributed by atoms with Gasteiger partial charge in [0.1, 0.15) is 0 Å². The zero-order valence-corrected chi connectivity index (χ0v) is 17.8. The van der Waals surface area contributed by atoms with Gasteiger partial charge in [-0.1, -0.05) is 12.1 Å². The van der Waals surface area contributed by atoms with Gasteiger partial charge in [-0.2, -0.15) is 5.10 Å². The van der Waals surface area contributed by atoms with Crippen LogP contribution in [0.25, 0.3) is 0 Å². The molecule has 0 saturated carbocycles. The van der Waals surface area contributed by atoms with Gasteiger partial charge < -0.3 is 14.4 Å². The third-order valence-corrected chi connectivity index (χ3v) is 7.23. The first-order valence-corrected chi connectivity index (χ1v) is 10.9. The van der Waals surface area contributed by atoms with Gasteiger partial charge in [0.2, 0.25) is 6.79 Å². The minimum absolute atomic E-state index is 0.316. The van der Waals surface area contributed by atoms with E-state index in [2.05, 4.69) is 54.2 Å². The van der Waals surface area contributed by atoms with E-state index in [-0.39, 0.29) is 0 Å². The van der Waals surface area contributed by atoms with Crippen LogP contribution in [0, 0.1) is 13.8 Å². The normalized spacial score (nSPS) is 17.9. The minimum atomic E-state index is 0.316. The molecule has 6 heteroatoms. The SMILES string of the molecule is Cc1ccc2c(c1)SC(c1ccc3c(c1)OCO3)CCN2Cc1cnn(C)c1C. The molecule has 1 atom stereocenters. The molecule has 3 aromatic rings. The van der Waals surface area contributed by atoms with Crippen LogP contribution in [-0.4, -0.2) is 23.1 Å². The van der Waals surface area contributed by atoms with Crippen LogP contribution < -0.4 is 14.4 Å². The second kappa shape index (κ2) is 7.34. The summed E-state index contributed by atoms with van der Waals surface area (Å²) in [5.41, 5.74) is 6.41. The third-order valence-electron chi connectivity index (χ3n) is 5.85. The molecular weight excluding hydrogens is 382 g/mol. The van der Waals surface area contributed by atoms with E-state index in [9.17, 15) is 0 Å². The number of aromatic nitrogens is 2. The van der Waals surface area contributed by atoms with Gasteiger partial charge in [0.15, 0.2) is 11.5 Å². The van der Waals surface area contributed by atoms with Crippen molar-refractivity contribution in [2.75, 3.05) is 18.2 Å². The standard InChI is InChI=1S/C23H25N3O2S/c1-15-4-6-19-23(10-15)29-22(17-5-7-20-21(11-17)28-14-27-20)8-9-26(19)13-18-12-24-25(3)16(18)2/h4-7,10-12,22H,8-9,13-14H2,1-3H3. The van der Waals surface area contributed by atoms with Gasteiger partial charge in [-0.05, 0) is 55.7 Å². The van der Waals surface area contributed by atoms with Gasteiger partial charge in [-0.25, -0.2) is 0 Å². The van der Waals surface area contributed by atoms with Crippen molar-refractivity contribution in [3.63, 3.8) is 0 Å². The molecule has 0 amide bonds. The smallest absolute Gasteiger partial charge is 0.231 e. The number of fused-ring (bicyclic) bond motifs is 2. The molecule has 3 heterocycles. The molecule has 29 heavy (non-hydrogen) atoms. The Balaban J connectivity index is 1.47. The van der Waals surface area contributed by atoms with Crippen molar-refractivity contribution in [3.05, 3.63) is 65.0 Å². The summed E-state index contributed by atoms with van der Waals surface area (Å²) < 4.78 is 13.1. The maximum Gasteiger partial charge on any atom is 0.231 e. The van der Waals surface area contributed by atoms with E-state index in [0.717, 1.165) is 31.0 Å². The van der Waals surface area contributed by atoms with Crippen LogP contribution in [-0.2, 0) is 13.6 Å². The van der Waals surface area contributed by atoms with Crippen LogP contribution in [0.2, 0.25) is 0 Å². The topological polar surface area (TPSA) is 39.5 Å². The summed E-state index contributed by atoms with van der Waals surface area (Å²) in [6.45, 7) is 6.49. The number of aryl methyl sites for hydroxylation is 2. The van der Waals surface area contributed by atoms with Crippen molar-refractivity contribution in [1.82, 2.24) is 9.78 Å². The number of anilines is 1. The Morgan fingerprint density at radius 3 is 2.79 bits per heavy atom. The molecule has 0 N–H and O–H groups in total. The second-order valence-corrected chi connectivity index (χ2v) is 9.02. The number of rotatable bonds is 3. The van der Waals surface area contributed by atoms with E-state index in [1.165, 1.54) is 33.0 Å². The Labute approximate surface area is 175 Å². The number of nitrogens with zero attached hydrogens (tertiary/aromatic N) is 3. The van der Waals surface area contributed by atoms with Gasteiger partial charge in [0.05, 0.1) is 11.9 Å². The van der Waals surface area contributed by atoms with Crippen molar-refractivity contribution >= 4 is 17.4 Å². The lowest BCUT2D eigenvalue weighted by Gasteiger charge is -2.24. The molecule has 0 saturated heterocycles. The number of benzene rings is 2. The predicted octanol–water partition coefficient (Wildman–Crippen LogP) is 5.01. The first-order chi connectivity index (χ1) is 14.1. The average molecular weight is 408 g/mol. The Bertz CT molecular complexity index is 1060. The van der Waals surface area contributed by atoms with Crippen LogP contribution in [0.1, 0.15) is 34.1 Å². The Morgan fingerprint density at radius 2 is 1.97 bits per heavy atom. The van der Waals surface area contributed by atoms with E-state index < -0.39 is 0 Å². The molecule has 2 aliphatic heterocycles. The van der Waals surface area contributed by atoms with Crippen LogP contribution >= 0.6 is 11.8 Å². The summed E-state index contributed by atoms with van der Waals surface area (Å²) >= 11 is 1.96. The second-order valence-electron chi connectivity index (χ2n) is 7.78. The molecule has 1 unspecified atom stereocenters. The van der Waals surface area contributed by atoms with Crippen LogP contribution in [0.3, 0.4) is 0 Å². The van der Waals surface area contributed by atoms with Crippen molar-refractivity contribution in [2.24, 2.45) is 7.05 Å². The highest BCUT2D eigenvalue weighted by Crippen LogP contribution is 2.47. The van der Waals surface area contributed by atoms with Gasteiger partial charge >= 0.3 is 0 Å². The molecule has 2 aromatic carbocycles. The molecular formula is C23H25N3O2S. The lowest BCUT2D eigenvalue weighted by atomic mass is 10.1. The summed E-state index contributed by atoms with van der Waals surface area (Å²) in [6, 6.07) is 13.2. The molecule has 5 rings (SSSR count). The van der Waals surface area contributed by atoms with Crippen LogP contribution in [0.5, 0.6) is 11.5 Å². The largest absolute Gasteiger partial charge is 0.454 e. The zero-order valence-electron chi connectivity index (χ0n) is 17.0. The molecule has 1 aromatic heterocycles. The van der Waals surface area contributed by atoms with Crippen molar-refractivity contribution in [1.29, 1.82) is 0 Å². The lowest BCUT2D eigenvalue weighted by Crippen LogP contribution is -2.24. The Morgan fingerprint density at radius 1 is 1.10 bits per heavy atom. The van der Waals surface area contributed by atoms with Crippen LogP contribution in [0.4, 0.5) is 5.69 Å². The minimum Gasteiger partial charge on any atom is -0.454 e. The quantitative estimate of drug-likeness (QED) is 0.610. The highest BCUT2D eigenvalue weighted by atomic mass is 32.2. The molecule has 0 bridgehead atoms. The van der Waals surface area contributed by atoms with Gasteiger partial charge in [-0.3, -0.25) is 4.68 Å². The zero-order chi connectivity index (χ0) is 20.0. The highest BCUT2D eigenvalue weighted by molar-refractivity contribution is 7.99. The van der Waals surface area contributed by atoms with Crippen molar-refractivity contribution in [3.8, 4) is 11.5 Å². The van der Waals surface area contributed by atoms with Crippen molar-refractivity contribution < 1.29 is 9.47 Å². The van der Waals surface area contributed by atoms with Crippen molar-refractivity contribution in [2.45, 2.75) is 37.0 Å². The van der Waals surface area contributed by atoms with E-state index in [4.69, 9.17) is 9.47 Å². The molecule has 0 fully saturated rings. The van der Waals surface area contributed by atoms with E-state index in [0.29, 0.717) is 12.0 Å². The molecule has 5 nitrogen and oxygen atoms in total. The summed E-state index contributed by atoms with van der Waals surface area (Å²) in [5, 5.41) is 4.81. The molecule has 2 aliphatic rings. The maximum atomic E-state index is 5.61. The number of hydrogen-bond donors (Lipinski definition) is 0.